The van der Waals surface area contributed by atoms with Crippen LogP contribution in [0.3, 0.4) is 0 Å². The fraction of sp³-hybridized carbons (Fsp3) is 0.286. The van der Waals surface area contributed by atoms with Gasteiger partial charge in [-0.15, -0.1) is 11.3 Å². The molecule has 3 aromatic rings. The van der Waals surface area contributed by atoms with Gasteiger partial charge in [0.1, 0.15) is 5.75 Å². The highest BCUT2D eigenvalue weighted by molar-refractivity contribution is 9.10. The van der Waals surface area contributed by atoms with E-state index in [1.807, 2.05) is 24.3 Å². The fourth-order valence-electron chi connectivity index (χ4n) is 2.79. The van der Waals surface area contributed by atoms with E-state index in [4.69, 9.17) is 16.6 Å². The number of aromatic nitrogens is 1. The smallest absolute Gasteiger partial charge is 0.183 e. The third-order valence-corrected chi connectivity index (χ3v) is 5.92. The molecule has 0 spiro atoms. The lowest BCUT2D eigenvalue weighted by atomic mass is 9.90. The van der Waals surface area contributed by atoms with Gasteiger partial charge in [0.2, 0.25) is 0 Å². The molecular formula is C21H22BrClN2OS. The van der Waals surface area contributed by atoms with E-state index in [9.17, 15) is 5.11 Å². The summed E-state index contributed by atoms with van der Waals surface area (Å²) in [5.41, 5.74) is 3.10. The fourth-order valence-corrected chi connectivity index (χ4v) is 4.52. The second-order valence-corrected chi connectivity index (χ2v) is 9.91. The number of phenols is 1. The monoisotopic (exact) mass is 464 g/mol. The quantitative estimate of drug-likeness (QED) is 0.437. The molecule has 0 unspecified atom stereocenters. The average Bonchev–Trinajstić information content (AvgIpc) is 3.01. The van der Waals surface area contributed by atoms with Crippen molar-refractivity contribution in [3.05, 3.63) is 73.7 Å². The molecular weight excluding hydrogens is 444 g/mol. The molecule has 1 heterocycles. The van der Waals surface area contributed by atoms with E-state index in [2.05, 4.69) is 54.2 Å². The summed E-state index contributed by atoms with van der Waals surface area (Å²) in [7, 11) is 0. The number of phenolic OH excluding ortho intramolecular Hbond substituents is 1. The topological polar surface area (TPSA) is 45.2 Å². The summed E-state index contributed by atoms with van der Waals surface area (Å²) in [5, 5.41) is 15.0. The molecule has 0 fully saturated rings. The summed E-state index contributed by atoms with van der Waals surface area (Å²) < 4.78 is 0.940. The first kappa shape index (κ1) is 20.2. The number of thiazole rings is 1. The molecule has 0 bridgehead atoms. The largest absolute Gasteiger partial charge is 0.508 e. The zero-order valence-corrected chi connectivity index (χ0v) is 18.7. The molecule has 2 aromatic carbocycles. The third kappa shape index (κ3) is 5.24. The van der Waals surface area contributed by atoms with Crippen molar-refractivity contribution < 1.29 is 5.11 Å². The Kier molecular flexibility index (Phi) is 6.14. The maximum atomic E-state index is 10.0. The molecule has 0 amide bonds. The van der Waals surface area contributed by atoms with Crippen LogP contribution in [0.15, 0.2) is 46.9 Å². The minimum Gasteiger partial charge on any atom is -0.508 e. The third-order valence-electron chi connectivity index (χ3n) is 4.16. The summed E-state index contributed by atoms with van der Waals surface area (Å²) in [5.74, 6) is 0.277. The standard InChI is InChI=1S/C21H22BrClN2OS/c1-21(2,3)19-18(10-13-4-7-16(23)8-5-13)27-20(25-19)24-12-14-11-15(22)6-9-17(14)26/h4-9,11,26H,10,12H2,1-3H3,(H,24,25). The molecule has 6 heteroatoms. The molecule has 142 valence electrons. The molecule has 3 rings (SSSR count). The Balaban J connectivity index is 1.83. The van der Waals surface area contributed by atoms with Gasteiger partial charge in [-0.3, -0.25) is 0 Å². The lowest BCUT2D eigenvalue weighted by Crippen LogP contribution is -2.14. The second-order valence-electron chi connectivity index (χ2n) is 7.47. The first-order valence-electron chi connectivity index (χ1n) is 8.68. The van der Waals surface area contributed by atoms with Crippen LogP contribution in [0.1, 0.15) is 42.5 Å². The number of nitrogens with one attached hydrogen (secondary N) is 1. The molecule has 0 saturated carbocycles. The van der Waals surface area contributed by atoms with Gasteiger partial charge in [0.05, 0.1) is 5.69 Å². The lowest BCUT2D eigenvalue weighted by molar-refractivity contribution is 0.469. The summed E-state index contributed by atoms with van der Waals surface area (Å²) in [6.07, 6.45) is 0.825. The molecule has 0 radical (unpaired) electrons. The number of hydrogen-bond acceptors (Lipinski definition) is 4. The molecule has 27 heavy (non-hydrogen) atoms. The van der Waals surface area contributed by atoms with Gasteiger partial charge in [0, 0.05) is 38.3 Å². The number of nitrogens with zero attached hydrogens (tertiary/aromatic N) is 1. The zero-order chi connectivity index (χ0) is 19.6. The number of halogens is 2. The van der Waals surface area contributed by atoms with Gasteiger partial charge < -0.3 is 10.4 Å². The van der Waals surface area contributed by atoms with Crippen LogP contribution in [0.4, 0.5) is 5.13 Å². The van der Waals surface area contributed by atoms with Gasteiger partial charge in [-0.25, -0.2) is 4.98 Å². The van der Waals surface area contributed by atoms with Crippen LogP contribution in [-0.4, -0.2) is 10.1 Å². The molecule has 1 aromatic heterocycles. The molecule has 0 saturated heterocycles. The normalized spacial score (nSPS) is 11.6. The average molecular weight is 466 g/mol. The second kappa shape index (κ2) is 8.21. The molecule has 0 aliphatic heterocycles. The summed E-state index contributed by atoms with van der Waals surface area (Å²) in [4.78, 5) is 6.09. The molecule has 0 aliphatic rings. The van der Waals surface area contributed by atoms with E-state index >= 15 is 0 Å². The van der Waals surface area contributed by atoms with Crippen molar-refractivity contribution >= 4 is 44.0 Å². The highest BCUT2D eigenvalue weighted by Gasteiger charge is 2.23. The SMILES string of the molecule is CC(C)(C)c1nc(NCc2cc(Br)ccc2O)sc1Cc1ccc(Cl)cc1. The van der Waals surface area contributed by atoms with E-state index in [0.29, 0.717) is 6.54 Å². The van der Waals surface area contributed by atoms with E-state index < -0.39 is 0 Å². The number of aromatic hydroxyl groups is 1. The summed E-state index contributed by atoms with van der Waals surface area (Å²) >= 11 is 11.1. The molecule has 2 N–H and O–H groups in total. The summed E-state index contributed by atoms with van der Waals surface area (Å²) in [6.45, 7) is 7.05. The lowest BCUT2D eigenvalue weighted by Gasteiger charge is -2.17. The Morgan fingerprint density at radius 3 is 2.52 bits per heavy atom. The van der Waals surface area contributed by atoms with Crippen molar-refractivity contribution in [1.29, 1.82) is 0 Å². The van der Waals surface area contributed by atoms with E-state index in [1.54, 1.807) is 17.4 Å². The van der Waals surface area contributed by atoms with Crippen LogP contribution in [0.25, 0.3) is 0 Å². The van der Waals surface area contributed by atoms with Gasteiger partial charge >= 0.3 is 0 Å². The summed E-state index contributed by atoms with van der Waals surface area (Å²) in [6, 6.07) is 13.4. The Morgan fingerprint density at radius 2 is 1.85 bits per heavy atom. The first-order chi connectivity index (χ1) is 12.7. The maximum absolute atomic E-state index is 10.0. The minimum absolute atomic E-state index is 0.0455. The van der Waals surface area contributed by atoms with E-state index in [0.717, 1.165) is 32.3 Å². The van der Waals surface area contributed by atoms with Crippen molar-refractivity contribution in [2.75, 3.05) is 5.32 Å². The first-order valence-corrected chi connectivity index (χ1v) is 10.7. The van der Waals surface area contributed by atoms with Crippen LogP contribution in [0.5, 0.6) is 5.75 Å². The van der Waals surface area contributed by atoms with Crippen LogP contribution in [0, 0.1) is 0 Å². The number of rotatable bonds is 5. The van der Waals surface area contributed by atoms with Crippen LogP contribution < -0.4 is 5.32 Å². The molecule has 0 aliphatic carbocycles. The predicted molar refractivity (Wildman–Crippen MR) is 118 cm³/mol. The molecule has 0 atom stereocenters. The Labute approximate surface area is 177 Å². The minimum atomic E-state index is -0.0455. The van der Waals surface area contributed by atoms with Crippen LogP contribution in [0.2, 0.25) is 5.02 Å². The van der Waals surface area contributed by atoms with Crippen molar-refractivity contribution in [2.45, 2.75) is 39.2 Å². The highest BCUT2D eigenvalue weighted by Crippen LogP contribution is 2.34. The van der Waals surface area contributed by atoms with Crippen molar-refractivity contribution in [3.8, 4) is 5.75 Å². The van der Waals surface area contributed by atoms with Crippen molar-refractivity contribution in [3.63, 3.8) is 0 Å². The Morgan fingerprint density at radius 1 is 1.15 bits per heavy atom. The van der Waals surface area contributed by atoms with E-state index in [1.165, 1.54) is 10.4 Å². The van der Waals surface area contributed by atoms with Gasteiger partial charge in [-0.05, 0) is 35.9 Å². The van der Waals surface area contributed by atoms with Gasteiger partial charge in [0.25, 0.3) is 0 Å². The van der Waals surface area contributed by atoms with Crippen molar-refractivity contribution in [1.82, 2.24) is 4.98 Å². The predicted octanol–water partition coefficient (Wildman–Crippen LogP) is 6.77. The number of benzene rings is 2. The number of anilines is 1. The van der Waals surface area contributed by atoms with Crippen LogP contribution >= 0.6 is 38.9 Å². The zero-order valence-electron chi connectivity index (χ0n) is 15.5. The number of hydrogen-bond donors (Lipinski definition) is 2. The van der Waals surface area contributed by atoms with Crippen molar-refractivity contribution in [2.24, 2.45) is 0 Å². The van der Waals surface area contributed by atoms with Crippen LogP contribution in [-0.2, 0) is 18.4 Å². The van der Waals surface area contributed by atoms with Gasteiger partial charge in [-0.2, -0.15) is 0 Å². The molecule has 3 nitrogen and oxygen atoms in total. The Hall–Kier alpha value is -1.56. The van der Waals surface area contributed by atoms with Gasteiger partial charge in [-0.1, -0.05) is 60.4 Å². The van der Waals surface area contributed by atoms with Gasteiger partial charge in [0.15, 0.2) is 5.13 Å². The highest BCUT2D eigenvalue weighted by atomic mass is 79.9. The van der Waals surface area contributed by atoms with E-state index in [-0.39, 0.29) is 11.2 Å². The maximum Gasteiger partial charge on any atom is 0.183 e. The Bertz CT molecular complexity index is 932.